The smallest absolute Gasteiger partial charge is 0.163 e. The number of carbonyl (C=O) groups excluding carboxylic acids is 1. The highest BCUT2D eigenvalue weighted by molar-refractivity contribution is 6.10. The summed E-state index contributed by atoms with van der Waals surface area (Å²) in [5, 5.41) is 0.950. The molecule has 0 atom stereocenters. The summed E-state index contributed by atoms with van der Waals surface area (Å²) in [6, 6.07) is 5.29. The first-order valence-electron chi connectivity index (χ1n) is 9.94. The zero-order valence-electron chi connectivity index (χ0n) is 16.8. The van der Waals surface area contributed by atoms with E-state index >= 15 is 0 Å². The summed E-state index contributed by atoms with van der Waals surface area (Å²) in [5.41, 5.74) is 3.93. The third-order valence-corrected chi connectivity index (χ3v) is 6.08. The predicted molar refractivity (Wildman–Crippen MR) is 108 cm³/mol. The molecule has 0 radical (unpaired) electrons. The minimum Gasteiger partial charge on any atom is -0.464 e. The number of anilines is 1. The van der Waals surface area contributed by atoms with Gasteiger partial charge >= 0.3 is 0 Å². The van der Waals surface area contributed by atoms with E-state index in [-0.39, 0.29) is 5.78 Å². The van der Waals surface area contributed by atoms with Gasteiger partial charge in [0.05, 0.1) is 6.26 Å². The molecule has 1 fully saturated rings. The van der Waals surface area contributed by atoms with Gasteiger partial charge in [-0.25, -0.2) is 0 Å². The van der Waals surface area contributed by atoms with Crippen LogP contribution < -0.4 is 4.90 Å². The number of nitrogens with zero attached hydrogens (tertiary/aromatic N) is 2. The van der Waals surface area contributed by atoms with Gasteiger partial charge in [0.1, 0.15) is 5.58 Å². The van der Waals surface area contributed by atoms with Gasteiger partial charge in [0, 0.05) is 47.8 Å². The van der Waals surface area contributed by atoms with Crippen LogP contribution in [-0.2, 0) is 0 Å². The molecule has 1 aliphatic rings. The van der Waals surface area contributed by atoms with Crippen LogP contribution in [0.2, 0.25) is 0 Å². The number of fused-ring (bicyclic) bond motifs is 1. The lowest BCUT2D eigenvalue weighted by molar-refractivity contribution is 0.0989. The first-order valence-corrected chi connectivity index (χ1v) is 9.94. The minimum absolute atomic E-state index is 0.197. The van der Waals surface area contributed by atoms with E-state index in [1.807, 2.05) is 13.0 Å². The number of ketones is 1. The fourth-order valence-corrected chi connectivity index (χ4v) is 4.55. The third-order valence-electron chi connectivity index (χ3n) is 6.08. The zero-order chi connectivity index (χ0) is 18.8. The van der Waals surface area contributed by atoms with Crippen LogP contribution in [0.1, 0.15) is 61.9 Å². The maximum absolute atomic E-state index is 12.6. The lowest BCUT2D eigenvalue weighted by Crippen LogP contribution is -2.42. The SMILES string of the molecule is CCC(=O)c1c(C)c(N(CC)[C@H]2CC[C@H](N(C)C)CC2)cc2occc12. The van der Waals surface area contributed by atoms with Gasteiger partial charge in [-0.1, -0.05) is 6.92 Å². The van der Waals surface area contributed by atoms with Gasteiger partial charge in [-0.2, -0.15) is 0 Å². The lowest BCUT2D eigenvalue weighted by Gasteiger charge is -2.40. The van der Waals surface area contributed by atoms with Gasteiger partial charge < -0.3 is 14.2 Å². The molecule has 1 aromatic heterocycles. The van der Waals surface area contributed by atoms with Crippen molar-refractivity contribution < 1.29 is 9.21 Å². The Kier molecular flexibility index (Phi) is 5.71. The van der Waals surface area contributed by atoms with Gasteiger partial charge in [-0.05, 0) is 65.3 Å². The molecule has 0 saturated heterocycles. The highest BCUT2D eigenvalue weighted by Crippen LogP contribution is 2.36. The molecule has 0 N–H and O–H groups in total. The van der Waals surface area contributed by atoms with Crippen molar-refractivity contribution in [2.45, 2.75) is 65.0 Å². The Morgan fingerprint density at radius 3 is 2.38 bits per heavy atom. The Morgan fingerprint density at radius 2 is 1.81 bits per heavy atom. The average Bonchev–Trinajstić information content (AvgIpc) is 3.10. The van der Waals surface area contributed by atoms with Crippen LogP contribution >= 0.6 is 0 Å². The van der Waals surface area contributed by atoms with E-state index in [1.54, 1.807) is 6.26 Å². The highest BCUT2D eigenvalue weighted by Gasteiger charge is 2.28. The highest BCUT2D eigenvalue weighted by atomic mass is 16.3. The number of carbonyl (C=O) groups is 1. The predicted octanol–water partition coefficient (Wildman–Crippen LogP) is 5.03. The number of furan rings is 1. The molecule has 2 aromatic rings. The Labute approximate surface area is 157 Å². The number of rotatable bonds is 6. The summed E-state index contributed by atoms with van der Waals surface area (Å²) in [7, 11) is 4.36. The molecular formula is C22H32N2O2. The number of hydrogen-bond donors (Lipinski definition) is 0. The largest absolute Gasteiger partial charge is 0.464 e. The molecule has 1 aliphatic carbocycles. The number of Topliss-reactive ketones (excluding diaryl/α,β-unsaturated/α-hetero) is 1. The Morgan fingerprint density at radius 1 is 1.15 bits per heavy atom. The van der Waals surface area contributed by atoms with Crippen molar-refractivity contribution in [1.29, 1.82) is 0 Å². The summed E-state index contributed by atoms with van der Waals surface area (Å²) in [6.45, 7) is 7.19. The number of benzene rings is 1. The second kappa shape index (κ2) is 7.83. The Bertz CT molecular complexity index is 770. The van der Waals surface area contributed by atoms with Crippen molar-refractivity contribution in [1.82, 2.24) is 4.90 Å². The van der Waals surface area contributed by atoms with Gasteiger partial charge in [0.2, 0.25) is 0 Å². The van der Waals surface area contributed by atoms with E-state index in [0.717, 1.165) is 28.6 Å². The van der Waals surface area contributed by atoms with Crippen LogP contribution in [-0.4, -0.2) is 43.4 Å². The molecule has 0 bridgehead atoms. The summed E-state index contributed by atoms with van der Waals surface area (Å²) in [5.74, 6) is 0.197. The van der Waals surface area contributed by atoms with Crippen LogP contribution in [0.25, 0.3) is 11.0 Å². The molecule has 0 spiro atoms. The quantitative estimate of drug-likeness (QED) is 0.680. The summed E-state index contributed by atoms with van der Waals surface area (Å²) >= 11 is 0. The lowest BCUT2D eigenvalue weighted by atomic mass is 9.88. The standard InChI is InChI=1S/C22H32N2O2/c1-6-20(25)22-15(3)19(14-21-18(22)12-13-26-21)24(7-2)17-10-8-16(9-11-17)23(4)5/h12-14,16-17H,6-11H2,1-5H3/t16-,17-. The fourth-order valence-electron chi connectivity index (χ4n) is 4.55. The topological polar surface area (TPSA) is 36.7 Å². The Hall–Kier alpha value is -1.81. The van der Waals surface area contributed by atoms with Gasteiger partial charge in [0.25, 0.3) is 0 Å². The summed E-state index contributed by atoms with van der Waals surface area (Å²) < 4.78 is 5.69. The maximum atomic E-state index is 12.6. The molecule has 26 heavy (non-hydrogen) atoms. The average molecular weight is 357 g/mol. The van der Waals surface area contributed by atoms with Crippen molar-refractivity contribution in [2.75, 3.05) is 25.5 Å². The van der Waals surface area contributed by atoms with Crippen molar-refractivity contribution in [3.8, 4) is 0 Å². The molecular weight excluding hydrogens is 324 g/mol. The van der Waals surface area contributed by atoms with Crippen LogP contribution in [0.4, 0.5) is 5.69 Å². The first kappa shape index (κ1) is 19.0. The van der Waals surface area contributed by atoms with Crippen LogP contribution in [0.3, 0.4) is 0 Å². The normalized spacial score (nSPS) is 20.7. The van der Waals surface area contributed by atoms with E-state index in [4.69, 9.17) is 4.42 Å². The van der Waals surface area contributed by atoms with Gasteiger partial charge in [0.15, 0.2) is 5.78 Å². The Balaban J connectivity index is 1.97. The first-order chi connectivity index (χ1) is 12.5. The van der Waals surface area contributed by atoms with Crippen molar-refractivity contribution in [2.24, 2.45) is 0 Å². The van der Waals surface area contributed by atoms with Crippen molar-refractivity contribution in [3.63, 3.8) is 0 Å². The molecule has 4 heteroatoms. The van der Waals surface area contributed by atoms with E-state index in [9.17, 15) is 4.79 Å². The molecule has 1 heterocycles. The fraction of sp³-hybridized carbons (Fsp3) is 0.591. The van der Waals surface area contributed by atoms with E-state index < -0.39 is 0 Å². The second-order valence-electron chi connectivity index (χ2n) is 7.72. The van der Waals surface area contributed by atoms with Crippen LogP contribution in [0.15, 0.2) is 22.8 Å². The van der Waals surface area contributed by atoms with E-state index in [2.05, 4.69) is 43.8 Å². The van der Waals surface area contributed by atoms with Gasteiger partial charge in [-0.15, -0.1) is 0 Å². The summed E-state index contributed by atoms with van der Waals surface area (Å²) in [4.78, 5) is 17.5. The second-order valence-corrected chi connectivity index (χ2v) is 7.72. The monoisotopic (exact) mass is 356 g/mol. The molecule has 4 nitrogen and oxygen atoms in total. The van der Waals surface area contributed by atoms with E-state index in [0.29, 0.717) is 18.5 Å². The molecule has 0 unspecified atom stereocenters. The van der Waals surface area contributed by atoms with E-state index in [1.165, 1.54) is 31.4 Å². The van der Waals surface area contributed by atoms with Crippen molar-refractivity contribution >= 4 is 22.4 Å². The van der Waals surface area contributed by atoms with Crippen LogP contribution in [0.5, 0.6) is 0 Å². The zero-order valence-corrected chi connectivity index (χ0v) is 16.8. The van der Waals surface area contributed by atoms with Crippen LogP contribution in [0, 0.1) is 6.92 Å². The molecule has 142 valence electrons. The molecule has 1 aromatic carbocycles. The minimum atomic E-state index is 0.197. The molecule has 0 aliphatic heterocycles. The molecule has 1 saturated carbocycles. The van der Waals surface area contributed by atoms with Gasteiger partial charge in [-0.3, -0.25) is 4.79 Å². The summed E-state index contributed by atoms with van der Waals surface area (Å²) in [6.07, 6.45) is 7.07. The maximum Gasteiger partial charge on any atom is 0.163 e. The molecule has 0 amide bonds. The third kappa shape index (κ3) is 3.39. The van der Waals surface area contributed by atoms with Crippen molar-refractivity contribution in [3.05, 3.63) is 29.5 Å². The molecule has 3 rings (SSSR count). The number of hydrogen-bond acceptors (Lipinski definition) is 4.